The molecule has 2 N–H and O–H groups in total. The Labute approximate surface area is 120 Å². The SMILES string of the molecule is CCNC(=NCc1nc(C(F)(F)F)cs1)NC(C)(C)C. The zero-order valence-corrected chi connectivity index (χ0v) is 12.7. The van der Waals surface area contributed by atoms with Crippen molar-refractivity contribution in [2.45, 2.75) is 46.0 Å². The standard InChI is InChI=1S/C12H19F3N4S/c1-5-16-10(19-11(2,3)4)17-6-9-18-8(7-20-9)12(13,14)15/h7H,5-6H2,1-4H3,(H2,16,17,19). The van der Waals surface area contributed by atoms with Gasteiger partial charge in [-0.1, -0.05) is 0 Å². The third-order valence-corrected chi connectivity index (χ3v) is 2.89. The smallest absolute Gasteiger partial charge is 0.357 e. The molecule has 20 heavy (non-hydrogen) atoms. The van der Waals surface area contributed by atoms with Crippen LogP contribution in [0.3, 0.4) is 0 Å². The Morgan fingerprint density at radius 2 is 2.00 bits per heavy atom. The minimum absolute atomic E-state index is 0.117. The Morgan fingerprint density at radius 3 is 2.45 bits per heavy atom. The monoisotopic (exact) mass is 308 g/mol. The van der Waals surface area contributed by atoms with Gasteiger partial charge in [0.1, 0.15) is 5.01 Å². The average Bonchev–Trinajstić information content (AvgIpc) is 2.72. The van der Waals surface area contributed by atoms with Crippen molar-refractivity contribution in [2.75, 3.05) is 6.54 Å². The summed E-state index contributed by atoms with van der Waals surface area (Å²) in [4.78, 5) is 7.78. The molecule has 0 radical (unpaired) electrons. The molecular weight excluding hydrogens is 289 g/mol. The maximum absolute atomic E-state index is 12.4. The van der Waals surface area contributed by atoms with Crippen LogP contribution in [-0.4, -0.2) is 23.0 Å². The van der Waals surface area contributed by atoms with Crippen molar-refractivity contribution in [1.29, 1.82) is 0 Å². The molecule has 0 unspecified atom stereocenters. The van der Waals surface area contributed by atoms with Crippen LogP contribution in [0.1, 0.15) is 38.4 Å². The summed E-state index contributed by atoms with van der Waals surface area (Å²) in [5.41, 5.74) is -1.04. The van der Waals surface area contributed by atoms with Gasteiger partial charge in [0.2, 0.25) is 0 Å². The van der Waals surface area contributed by atoms with E-state index in [1.807, 2.05) is 27.7 Å². The predicted octanol–water partition coefficient (Wildman–Crippen LogP) is 3.02. The van der Waals surface area contributed by atoms with E-state index in [0.29, 0.717) is 17.5 Å². The topological polar surface area (TPSA) is 49.3 Å². The van der Waals surface area contributed by atoms with Gasteiger partial charge in [0.25, 0.3) is 0 Å². The summed E-state index contributed by atoms with van der Waals surface area (Å²) >= 11 is 0.961. The highest BCUT2D eigenvalue weighted by atomic mass is 32.1. The largest absolute Gasteiger partial charge is 0.434 e. The first-order valence-corrected chi connectivity index (χ1v) is 7.08. The summed E-state index contributed by atoms with van der Waals surface area (Å²) in [5, 5.41) is 7.54. The van der Waals surface area contributed by atoms with Gasteiger partial charge in [0.05, 0.1) is 6.54 Å². The van der Waals surface area contributed by atoms with Crippen molar-refractivity contribution in [3.05, 3.63) is 16.1 Å². The highest BCUT2D eigenvalue weighted by molar-refractivity contribution is 7.09. The Hall–Kier alpha value is -1.31. The van der Waals surface area contributed by atoms with Crippen LogP contribution in [0.15, 0.2) is 10.4 Å². The van der Waals surface area contributed by atoms with Crippen molar-refractivity contribution < 1.29 is 13.2 Å². The van der Waals surface area contributed by atoms with E-state index >= 15 is 0 Å². The molecule has 0 saturated carbocycles. The zero-order chi connectivity index (χ0) is 15.4. The van der Waals surface area contributed by atoms with Crippen LogP contribution in [-0.2, 0) is 12.7 Å². The molecule has 1 aromatic heterocycles. The Kier molecular flexibility index (Phi) is 5.38. The minimum atomic E-state index is -4.40. The molecule has 1 rings (SSSR count). The first-order chi connectivity index (χ1) is 9.12. The molecule has 1 aromatic rings. The lowest BCUT2D eigenvalue weighted by Crippen LogP contribution is -2.47. The van der Waals surface area contributed by atoms with Crippen LogP contribution >= 0.6 is 11.3 Å². The average molecular weight is 308 g/mol. The summed E-state index contributed by atoms with van der Waals surface area (Å²) < 4.78 is 37.3. The number of guanidine groups is 1. The van der Waals surface area contributed by atoms with E-state index in [0.717, 1.165) is 16.7 Å². The van der Waals surface area contributed by atoms with Crippen LogP contribution in [0, 0.1) is 0 Å². The first kappa shape index (κ1) is 16.7. The fraction of sp³-hybridized carbons (Fsp3) is 0.667. The third-order valence-electron chi connectivity index (χ3n) is 2.05. The second-order valence-corrected chi connectivity index (χ2v) is 6.14. The first-order valence-electron chi connectivity index (χ1n) is 6.20. The van der Waals surface area contributed by atoms with E-state index in [-0.39, 0.29) is 12.1 Å². The maximum atomic E-state index is 12.4. The minimum Gasteiger partial charge on any atom is -0.357 e. The number of nitrogens with one attached hydrogen (secondary N) is 2. The summed E-state index contributed by atoms with van der Waals surface area (Å²) in [7, 11) is 0. The number of alkyl halides is 3. The van der Waals surface area contributed by atoms with E-state index in [1.165, 1.54) is 0 Å². The third kappa shape index (κ3) is 5.77. The van der Waals surface area contributed by atoms with Gasteiger partial charge >= 0.3 is 6.18 Å². The van der Waals surface area contributed by atoms with Gasteiger partial charge in [-0.05, 0) is 27.7 Å². The molecule has 0 fully saturated rings. The van der Waals surface area contributed by atoms with E-state index < -0.39 is 11.9 Å². The molecule has 114 valence electrons. The zero-order valence-electron chi connectivity index (χ0n) is 11.9. The van der Waals surface area contributed by atoms with Gasteiger partial charge in [-0.25, -0.2) is 9.98 Å². The second-order valence-electron chi connectivity index (χ2n) is 5.19. The molecule has 0 aliphatic carbocycles. The molecule has 0 aliphatic heterocycles. The van der Waals surface area contributed by atoms with Gasteiger partial charge in [-0.3, -0.25) is 0 Å². The summed E-state index contributed by atoms with van der Waals surface area (Å²) in [6.45, 7) is 8.64. The van der Waals surface area contributed by atoms with Crippen LogP contribution < -0.4 is 10.6 Å². The second kappa shape index (κ2) is 6.43. The summed E-state index contributed by atoms with van der Waals surface area (Å²) in [5.74, 6) is 0.559. The van der Waals surface area contributed by atoms with Crippen molar-refractivity contribution in [3.8, 4) is 0 Å². The van der Waals surface area contributed by atoms with Crippen molar-refractivity contribution in [1.82, 2.24) is 15.6 Å². The number of hydrogen-bond donors (Lipinski definition) is 2. The Balaban J connectivity index is 2.74. The molecule has 0 aromatic carbocycles. The number of rotatable bonds is 3. The molecule has 8 heteroatoms. The summed E-state index contributed by atoms with van der Waals surface area (Å²) in [6.07, 6.45) is -4.40. The maximum Gasteiger partial charge on any atom is 0.434 e. The van der Waals surface area contributed by atoms with Crippen molar-refractivity contribution >= 4 is 17.3 Å². The molecule has 0 atom stereocenters. The predicted molar refractivity (Wildman–Crippen MR) is 74.8 cm³/mol. The fourth-order valence-corrected chi connectivity index (χ4v) is 2.05. The Morgan fingerprint density at radius 1 is 1.35 bits per heavy atom. The van der Waals surface area contributed by atoms with Gasteiger partial charge in [-0.2, -0.15) is 13.2 Å². The van der Waals surface area contributed by atoms with E-state index in [4.69, 9.17) is 0 Å². The number of aliphatic imine (C=N–C) groups is 1. The highest BCUT2D eigenvalue weighted by Gasteiger charge is 2.33. The molecular formula is C12H19F3N4S. The van der Waals surface area contributed by atoms with E-state index in [9.17, 15) is 13.2 Å². The summed E-state index contributed by atoms with van der Waals surface area (Å²) in [6, 6.07) is 0. The fourth-order valence-electron chi connectivity index (χ4n) is 1.32. The number of aromatic nitrogens is 1. The lowest BCUT2D eigenvalue weighted by Gasteiger charge is -2.23. The van der Waals surface area contributed by atoms with Crippen molar-refractivity contribution in [2.24, 2.45) is 4.99 Å². The number of halogens is 3. The van der Waals surface area contributed by atoms with Crippen molar-refractivity contribution in [3.63, 3.8) is 0 Å². The van der Waals surface area contributed by atoms with Crippen LogP contribution in [0.4, 0.5) is 13.2 Å². The van der Waals surface area contributed by atoms with Gasteiger partial charge in [0, 0.05) is 17.5 Å². The molecule has 0 spiro atoms. The van der Waals surface area contributed by atoms with Gasteiger partial charge in [0.15, 0.2) is 11.7 Å². The molecule has 0 amide bonds. The molecule has 0 aliphatic rings. The van der Waals surface area contributed by atoms with Gasteiger partial charge < -0.3 is 10.6 Å². The van der Waals surface area contributed by atoms with E-state index in [1.54, 1.807) is 0 Å². The number of thiazole rings is 1. The van der Waals surface area contributed by atoms with Crippen LogP contribution in [0.5, 0.6) is 0 Å². The quantitative estimate of drug-likeness (QED) is 0.666. The molecule has 1 heterocycles. The molecule has 0 bridgehead atoms. The highest BCUT2D eigenvalue weighted by Crippen LogP contribution is 2.30. The molecule has 4 nitrogen and oxygen atoms in total. The van der Waals surface area contributed by atoms with Crippen LogP contribution in [0.2, 0.25) is 0 Å². The number of nitrogens with zero attached hydrogens (tertiary/aromatic N) is 2. The lowest BCUT2D eigenvalue weighted by molar-refractivity contribution is -0.140. The van der Waals surface area contributed by atoms with Crippen LogP contribution in [0.25, 0.3) is 0 Å². The Bertz CT molecular complexity index is 460. The lowest BCUT2D eigenvalue weighted by atomic mass is 10.1. The van der Waals surface area contributed by atoms with E-state index in [2.05, 4.69) is 20.6 Å². The van der Waals surface area contributed by atoms with Gasteiger partial charge in [-0.15, -0.1) is 11.3 Å². The molecule has 0 saturated heterocycles. The number of hydrogen-bond acceptors (Lipinski definition) is 3. The normalized spacial score (nSPS) is 13.4.